The normalized spacial score (nSPS) is 16.8. The van der Waals surface area contributed by atoms with E-state index in [9.17, 15) is 9.59 Å². The van der Waals surface area contributed by atoms with Crippen molar-refractivity contribution in [2.75, 3.05) is 20.2 Å². The van der Waals surface area contributed by atoms with Gasteiger partial charge in [-0.05, 0) is 55.7 Å². The molecule has 1 fully saturated rings. The third kappa shape index (κ3) is 3.88. The van der Waals surface area contributed by atoms with Crippen molar-refractivity contribution in [2.24, 2.45) is 5.92 Å². The smallest absolute Gasteiger partial charge is 0.242 e. The summed E-state index contributed by atoms with van der Waals surface area (Å²) in [5.74, 6) is 0.708. The molecule has 1 aliphatic heterocycles. The summed E-state index contributed by atoms with van der Waals surface area (Å²) in [6.07, 6.45) is 3.35. The lowest BCUT2D eigenvalue weighted by Crippen LogP contribution is -2.43. The Morgan fingerprint density at radius 1 is 1.21 bits per heavy atom. The Morgan fingerprint density at radius 2 is 2.03 bits per heavy atom. The van der Waals surface area contributed by atoms with E-state index in [-0.39, 0.29) is 24.2 Å². The van der Waals surface area contributed by atoms with Crippen LogP contribution in [-0.2, 0) is 11.3 Å². The summed E-state index contributed by atoms with van der Waals surface area (Å²) in [6.45, 7) is 3.32. The fourth-order valence-electron chi connectivity index (χ4n) is 4.06. The monoisotopic (exact) mass is 391 g/mol. The van der Waals surface area contributed by atoms with Gasteiger partial charge in [-0.15, -0.1) is 0 Å². The lowest BCUT2D eigenvalue weighted by Gasteiger charge is -2.32. The number of imidazole rings is 1. The number of carbonyl (C=O) groups is 2. The predicted octanol–water partition coefficient (Wildman–Crippen LogP) is 3.47. The van der Waals surface area contributed by atoms with E-state index >= 15 is 0 Å². The fourth-order valence-corrected chi connectivity index (χ4v) is 4.06. The van der Waals surface area contributed by atoms with Gasteiger partial charge in [-0.3, -0.25) is 9.59 Å². The number of methoxy groups -OCH3 is 1. The number of ether oxygens (including phenoxy) is 1. The molecule has 6 nitrogen and oxygen atoms in total. The topological polar surface area (TPSA) is 64.4 Å². The van der Waals surface area contributed by atoms with Gasteiger partial charge in [0.25, 0.3) is 0 Å². The second kappa shape index (κ2) is 8.07. The highest BCUT2D eigenvalue weighted by Gasteiger charge is 2.29. The highest BCUT2D eigenvalue weighted by atomic mass is 16.5. The summed E-state index contributed by atoms with van der Waals surface area (Å²) in [7, 11) is 1.62. The molecule has 1 aliphatic rings. The second-order valence-corrected chi connectivity index (χ2v) is 7.59. The first-order valence-corrected chi connectivity index (χ1v) is 9.93. The Kier molecular flexibility index (Phi) is 5.34. The number of hydrogen-bond acceptors (Lipinski definition) is 4. The molecule has 1 amide bonds. The predicted molar refractivity (Wildman–Crippen MR) is 111 cm³/mol. The largest absolute Gasteiger partial charge is 0.497 e. The zero-order valence-corrected chi connectivity index (χ0v) is 16.8. The lowest BCUT2D eigenvalue weighted by atomic mass is 9.88. The number of aromatic nitrogens is 2. The number of piperidine rings is 1. The van der Waals surface area contributed by atoms with Crippen LogP contribution < -0.4 is 4.74 Å². The number of amides is 1. The first-order chi connectivity index (χ1) is 14.1. The molecule has 0 bridgehead atoms. The first kappa shape index (κ1) is 19.2. The molecule has 3 aromatic rings. The minimum Gasteiger partial charge on any atom is -0.497 e. The van der Waals surface area contributed by atoms with Crippen molar-refractivity contribution in [3.05, 3.63) is 59.9 Å². The molecule has 2 heterocycles. The van der Waals surface area contributed by atoms with Crippen LogP contribution in [-0.4, -0.2) is 46.3 Å². The number of para-hydroxylation sites is 2. The number of fused-ring (bicyclic) bond motifs is 1. The minimum atomic E-state index is -0.167. The van der Waals surface area contributed by atoms with Crippen LogP contribution in [0.2, 0.25) is 0 Å². The van der Waals surface area contributed by atoms with E-state index in [0.29, 0.717) is 18.7 Å². The van der Waals surface area contributed by atoms with Crippen LogP contribution in [0.5, 0.6) is 5.75 Å². The van der Waals surface area contributed by atoms with Gasteiger partial charge in [-0.2, -0.15) is 0 Å². The van der Waals surface area contributed by atoms with Gasteiger partial charge in [0, 0.05) is 24.6 Å². The quantitative estimate of drug-likeness (QED) is 0.625. The molecule has 0 unspecified atom stereocenters. The van der Waals surface area contributed by atoms with E-state index in [1.54, 1.807) is 13.4 Å². The molecule has 150 valence electrons. The molecule has 0 aliphatic carbocycles. The van der Waals surface area contributed by atoms with Gasteiger partial charge >= 0.3 is 0 Å². The molecule has 1 atom stereocenters. The van der Waals surface area contributed by atoms with Gasteiger partial charge < -0.3 is 14.2 Å². The van der Waals surface area contributed by atoms with Gasteiger partial charge in [0.1, 0.15) is 12.3 Å². The Bertz CT molecular complexity index is 1060. The van der Waals surface area contributed by atoms with Crippen molar-refractivity contribution in [3.63, 3.8) is 0 Å². The van der Waals surface area contributed by atoms with Crippen molar-refractivity contribution in [1.82, 2.24) is 14.5 Å². The van der Waals surface area contributed by atoms with Gasteiger partial charge in [0.15, 0.2) is 5.78 Å². The maximum atomic E-state index is 13.1. The highest BCUT2D eigenvalue weighted by molar-refractivity contribution is 5.99. The highest BCUT2D eigenvalue weighted by Crippen LogP contribution is 2.25. The van der Waals surface area contributed by atoms with Crippen LogP contribution in [0.4, 0.5) is 0 Å². The molecule has 0 radical (unpaired) electrons. The number of Topliss-reactive ketones (excluding diaryl/α,β-unsaturated/α-hetero) is 1. The maximum absolute atomic E-state index is 13.1. The van der Waals surface area contributed by atoms with E-state index in [1.807, 2.05) is 58.9 Å². The zero-order chi connectivity index (χ0) is 20.4. The summed E-state index contributed by atoms with van der Waals surface area (Å²) in [5, 5.41) is 0. The van der Waals surface area contributed by atoms with E-state index < -0.39 is 0 Å². The van der Waals surface area contributed by atoms with Crippen molar-refractivity contribution >= 4 is 22.7 Å². The molecule has 0 spiro atoms. The van der Waals surface area contributed by atoms with Crippen molar-refractivity contribution in [1.29, 1.82) is 0 Å². The summed E-state index contributed by atoms with van der Waals surface area (Å²) in [5.41, 5.74) is 3.44. The average Bonchev–Trinajstić information content (AvgIpc) is 3.16. The molecule has 1 saturated heterocycles. The molecule has 29 heavy (non-hydrogen) atoms. The van der Waals surface area contributed by atoms with Crippen molar-refractivity contribution in [2.45, 2.75) is 26.3 Å². The second-order valence-electron chi connectivity index (χ2n) is 7.59. The number of benzene rings is 2. The zero-order valence-electron chi connectivity index (χ0n) is 16.8. The molecular formula is C23H25N3O3. The maximum Gasteiger partial charge on any atom is 0.242 e. The van der Waals surface area contributed by atoms with E-state index in [1.165, 1.54) is 0 Å². The van der Waals surface area contributed by atoms with Crippen molar-refractivity contribution in [3.8, 4) is 5.75 Å². The Morgan fingerprint density at radius 3 is 2.83 bits per heavy atom. The number of hydrogen-bond donors (Lipinski definition) is 0. The Labute approximate surface area is 170 Å². The third-order valence-electron chi connectivity index (χ3n) is 5.68. The molecule has 2 aromatic carbocycles. The Balaban J connectivity index is 1.46. The van der Waals surface area contributed by atoms with Crippen LogP contribution in [0, 0.1) is 12.8 Å². The first-order valence-electron chi connectivity index (χ1n) is 9.93. The van der Waals surface area contributed by atoms with Crippen LogP contribution in [0.3, 0.4) is 0 Å². The molecule has 4 rings (SSSR count). The van der Waals surface area contributed by atoms with Gasteiger partial charge in [0.05, 0.1) is 24.5 Å². The summed E-state index contributed by atoms with van der Waals surface area (Å²) >= 11 is 0. The van der Waals surface area contributed by atoms with E-state index in [4.69, 9.17) is 4.74 Å². The fraction of sp³-hybridized carbons (Fsp3) is 0.348. The summed E-state index contributed by atoms with van der Waals surface area (Å²) in [6, 6.07) is 13.3. The number of aryl methyl sites for hydroxylation is 1. The Hall–Kier alpha value is -3.15. The average molecular weight is 391 g/mol. The van der Waals surface area contributed by atoms with Gasteiger partial charge in [-0.1, -0.05) is 12.1 Å². The van der Waals surface area contributed by atoms with Crippen LogP contribution in [0.25, 0.3) is 11.0 Å². The van der Waals surface area contributed by atoms with Crippen molar-refractivity contribution < 1.29 is 14.3 Å². The lowest BCUT2D eigenvalue weighted by molar-refractivity contribution is -0.133. The number of nitrogens with zero attached hydrogens (tertiary/aromatic N) is 3. The molecule has 0 N–H and O–H groups in total. The number of carbonyl (C=O) groups excluding carboxylic acids is 2. The van der Waals surface area contributed by atoms with Gasteiger partial charge in [0.2, 0.25) is 5.91 Å². The minimum absolute atomic E-state index is 0.0251. The number of ketones is 1. The molecule has 1 aromatic heterocycles. The van der Waals surface area contributed by atoms with Crippen LogP contribution >= 0.6 is 0 Å². The SMILES string of the molecule is COc1ccc(C(=O)[C@H]2CCCN(C(=O)Cn3cnc4ccccc43)C2)c(C)c1. The summed E-state index contributed by atoms with van der Waals surface area (Å²) < 4.78 is 7.10. The van der Waals surface area contributed by atoms with Crippen LogP contribution in [0.1, 0.15) is 28.8 Å². The van der Waals surface area contributed by atoms with Crippen LogP contribution in [0.15, 0.2) is 48.8 Å². The third-order valence-corrected chi connectivity index (χ3v) is 5.68. The molecular weight excluding hydrogens is 366 g/mol. The number of likely N-dealkylation sites (tertiary alicyclic amines) is 1. The molecule has 0 saturated carbocycles. The van der Waals surface area contributed by atoms with E-state index in [2.05, 4.69) is 4.98 Å². The number of rotatable bonds is 5. The van der Waals surface area contributed by atoms with Gasteiger partial charge in [-0.25, -0.2) is 4.98 Å². The van der Waals surface area contributed by atoms with E-state index in [0.717, 1.165) is 35.2 Å². The standard InChI is InChI=1S/C23H25N3O3/c1-16-12-18(29-2)9-10-19(16)23(28)17-6-5-11-25(13-17)22(27)14-26-15-24-20-7-3-4-8-21(20)26/h3-4,7-10,12,15,17H,5-6,11,13-14H2,1-2H3/t17-/m0/s1. The summed E-state index contributed by atoms with van der Waals surface area (Å²) in [4.78, 5) is 32.2. The molecule has 6 heteroatoms.